The summed E-state index contributed by atoms with van der Waals surface area (Å²) in [5.41, 5.74) is 5.01. The van der Waals surface area contributed by atoms with E-state index >= 15 is 0 Å². The highest BCUT2D eigenvalue weighted by Crippen LogP contribution is 2.31. The van der Waals surface area contributed by atoms with E-state index in [0.717, 1.165) is 33.5 Å². The van der Waals surface area contributed by atoms with Crippen LogP contribution >= 0.6 is 0 Å². The number of aliphatic imine (C=N–C) groups is 1. The number of non-ortho nitro benzene ring substituents is 1. The largest absolute Gasteiger partial charge is 0.436 e. The van der Waals surface area contributed by atoms with Crippen molar-refractivity contribution < 1.29 is 9.34 Å². The van der Waals surface area contributed by atoms with Crippen LogP contribution in [0.3, 0.4) is 0 Å². The lowest BCUT2D eigenvalue weighted by Crippen LogP contribution is -1.87. The van der Waals surface area contributed by atoms with E-state index in [1.807, 2.05) is 49.4 Å². The Bertz CT molecular complexity index is 1220. The summed E-state index contributed by atoms with van der Waals surface area (Å²) >= 11 is 0. The Balaban J connectivity index is 1.57. The first-order valence-corrected chi connectivity index (χ1v) is 9.02. The lowest BCUT2D eigenvalue weighted by molar-refractivity contribution is -0.384. The molecule has 0 aliphatic rings. The second-order valence-electron chi connectivity index (χ2n) is 6.43. The lowest BCUT2D eigenvalue weighted by atomic mass is 10.1. The highest BCUT2D eigenvalue weighted by molar-refractivity contribution is 5.83. The molecule has 0 radical (unpaired) electrons. The van der Waals surface area contributed by atoms with E-state index in [1.165, 1.54) is 12.1 Å². The van der Waals surface area contributed by atoms with Crippen LogP contribution in [0.2, 0.25) is 0 Å². The van der Waals surface area contributed by atoms with Crippen LogP contribution in [-0.2, 0) is 0 Å². The second kappa shape index (κ2) is 7.90. The van der Waals surface area contributed by atoms with Gasteiger partial charge in [-0.1, -0.05) is 36.4 Å². The van der Waals surface area contributed by atoms with Crippen LogP contribution < -0.4 is 0 Å². The van der Waals surface area contributed by atoms with Gasteiger partial charge in [0.05, 0.1) is 10.6 Å². The minimum atomic E-state index is -0.410. The second-order valence-corrected chi connectivity index (χ2v) is 6.43. The van der Waals surface area contributed by atoms with Crippen LogP contribution in [0.4, 0.5) is 11.4 Å². The maximum Gasteiger partial charge on any atom is 0.270 e. The average Bonchev–Trinajstić information content (AvgIpc) is 3.16. The summed E-state index contributed by atoms with van der Waals surface area (Å²) in [4.78, 5) is 19.5. The molecule has 0 saturated heterocycles. The highest BCUT2D eigenvalue weighted by Gasteiger charge is 2.12. The van der Waals surface area contributed by atoms with Crippen molar-refractivity contribution in [2.75, 3.05) is 0 Å². The molecule has 4 aromatic rings. The first-order chi connectivity index (χ1) is 14.1. The zero-order chi connectivity index (χ0) is 20.2. The molecular formula is C23H17N3O3. The van der Waals surface area contributed by atoms with Gasteiger partial charge in [-0.25, -0.2) is 4.98 Å². The summed E-state index contributed by atoms with van der Waals surface area (Å²) in [5.74, 6) is 0.563. The minimum Gasteiger partial charge on any atom is -0.436 e. The molecule has 0 unspecified atom stereocenters. The number of hydrogen-bond acceptors (Lipinski definition) is 5. The van der Waals surface area contributed by atoms with Crippen LogP contribution in [-0.4, -0.2) is 16.1 Å². The van der Waals surface area contributed by atoms with E-state index in [1.54, 1.807) is 30.5 Å². The number of nitrogens with zero attached hydrogens (tertiary/aromatic N) is 3. The molecule has 0 spiro atoms. The van der Waals surface area contributed by atoms with E-state index in [0.29, 0.717) is 5.89 Å². The van der Waals surface area contributed by atoms with Gasteiger partial charge in [0.1, 0.15) is 5.52 Å². The summed E-state index contributed by atoms with van der Waals surface area (Å²) in [6, 6.07) is 19.9. The molecule has 1 heterocycles. The standard InChI is InChI=1S/C23H17N3O3/c1-16-19(23-25-21-11-2-3-13-22(21)29-23)10-5-12-20(16)24-14-6-8-17-7-4-9-18(15-17)26(27)28/h2-15H,1H3. The van der Waals surface area contributed by atoms with Gasteiger partial charge in [0.15, 0.2) is 5.58 Å². The fourth-order valence-electron chi connectivity index (χ4n) is 3.00. The van der Waals surface area contributed by atoms with Gasteiger partial charge in [0.25, 0.3) is 5.69 Å². The molecule has 0 aliphatic heterocycles. The van der Waals surface area contributed by atoms with Gasteiger partial charge in [0.2, 0.25) is 5.89 Å². The number of rotatable bonds is 5. The number of allylic oxidation sites excluding steroid dienone is 1. The normalized spacial score (nSPS) is 11.6. The topological polar surface area (TPSA) is 81.5 Å². The summed E-state index contributed by atoms with van der Waals surface area (Å²) in [7, 11) is 0. The zero-order valence-electron chi connectivity index (χ0n) is 15.6. The Morgan fingerprint density at radius 2 is 1.90 bits per heavy atom. The number of fused-ring (bicyclic) bond motifs is 1. The number of para-hydroxylation sites is 2. The Hall–Kier alpha value is -4.06. The molecule has 0 atom stereocenters. The van der Waals surface area contributed by atoms with Gasteiger partial charge in [-0.15, -0.1) is 0 Å². The third-order valence-corrected chi connectivity index (χ3v) is 4.50. The molecule has 6 nitrogen and oxygen atoms in total. The molecule has 6 heteroatoms. The Kier molecular flexibility index (Phi) is 4.99. The molecule has 3 aromatic carbocycles. The van der Waals surface area contributed by atoms with Crippen molar-refractivity contribution in [2.45, 2.75) is 6.92 Å². The van der Waals surface area contributed by atoms with Gasteiger partial charge in [-0.3, -0.25) is 15.1 Å². The lowest BCUT2D eigenvalue weighted by Gasteiger charge is -2.04. The number of aromatic nitrogens is 1. The van der Waals surface area contributed by atoms with Crippen LogP contribution in [0.15, 0.2) is 82.2 Å². The molecule has 0 N–H and O–H groups in total. The van der Waals surface area contributed by atoms with Crippen molar-refractivity contribution in [3.05, 3.63) is 94.0 Å². The molecule has 0 aliphatic carbocycles. The number of oxazole rings is 1. The average molecular weight is 383 g/mol. The maximum absolute atomic E-state index is 10.9. The predicted molar refractivity (Wildman–Crippen MR) is 114 cm³/mol. The van der Waals surface area contributed by atoms with Gasteiger partial charge in [-0.2, -0.15) is 0 Å². The van der Waals surface area contributed by atoms with Crippen LogP contribution in [0.1, 0.15) is 11.1 Å². The Morgan fingerprint density at radius 1 is 1.07 bits per heavy atom. The fraction of sp³-hybridized carbons (Fsp3) is 0.0435. The Labute approximate surface area is 167 Å². The molecule has 0 amide bonds. The van der Waals surface area contributed by atoms with E-state index in [-0.39, 0.29) is 5.69 Å². The Morgan fingerprint density at radius 3 is 2.72 bits per heavy atom. The van der Waals surface area contributed by atoms with Crippen molar-refractivity contribution in [3.8, 4) is 11.5 Å². The van der Waals surface area contributed by atoms with Crippen molar-refractivity contribution in [1.82, 2.24) is 4.98 Å². The smallest absolute Gasteiger partial charge is 0.270 e. The number of nitro benzene ring substituents is 1. The van der Waals surface area contributed by atoms with E-state index in [4.69, 9.17) is 4.42 Å². The number of hydrogen-bond donors (Lipinski definition) is 0. The van der Waals surface area contributed by atoms with Crippen molar-refractivity contribution in [3.63, 3.8) is 0 Å². The molecule has 29 heavy (non-hydrogen) atoms. The molecule has 4 rings (SSSR count). The molecule has 0 saturated carbocycles. The summed E-state index contributed by atoms with van der Waals surface area (Å²) < 4.78 is 5.87. The van der Waals surface area contributed by atoms with Crippen molar-refractivity contribution >= 4 is 34.8 Å². The molecule has 0 fully saturated rings. The van der Waals surface area contributed by atoms with Crippen molar-refractivity contribution in [2.24, 2.45) is 4.99 Å². The molecule has 142 valence electrons. The maximum atomic E-state index is 10.9. The van der Waals surface area contributed by atoms with Gasteiger partial charge in [0, 0.05) is 23.9 Å². The minimum absolute atomic E-state index is 0.0611. The third-order valence-electron chi connectivity index (χ3n) is 4.50. The SMILES string of the molecule is Cc1c(N=CC=Cc2cccc([N+](=O)[O-])c2)cccc1-c1nc2ccccc2o1. The van der Waals surface area contributed by atoms with Crippen LogP contribution in [0.5, 0.6) is 0 Å². The van der Waals surface area contributed by atoms with E-state index in [2.05, 4.69) is 9.98 Å². The number of nitro groups is 1. The van der Waals surface area contributed by atoms with E-state index in [9.17, 15) is 10.1 Å². The monoisotopic (exact) mass is 383 g/mol. The molecule has 0 bridgehead atoms. The summed E-state index contributed by atoms with van der Waals surface area (Å²) in [6.45, 7) is 1.97. The fourth-order valence-corrected chi connectivity index (χ4v) is 3.00. The summed E-state index contributed by atoms with van der Waals surface area (Å²) in [5, 5.41) is 10.9. The first kappa shape index (κ1) is 18.3. The predicted octanol–water partition coefficient (Wildman–Crippen LogP) is 6.13. The molecule has 1 aromatic heterocycles. The van der Waals surface area contributed by atoms with Gasteiger partial charge >= 0.3 is 0 Å². The van der Waals surface area contributed by atoms with Crippen molar-refractivity contribution in [1.29, 1.82) is 0 Å². The van der Waals surface area contributed by atoms with E-state index < -0.39 is 4.92 Å². The highest BCUT2D eigenvalue weighted by atomic mass is 16.6. The van der Waals surface area contributed by atoms with Gasteiger partial charge in [-0.05, 0) is 48.4 Å². The first-order valence-electron chi connectivity index (χ1n) is 9.02. The quantitative estimate of drug-likeness (QED) is 0.236. The van der Waals surface area contributed by atoms with Crippen LogP contribution in [0.25, 0.3) is 28.6 Å². The third kappa shape index (κ3) is 3.96. The number of benzene rings is 3. The zero-order valence-corrected chi connectivity index (χ0v) is 15.6. The summed E-state index contributed by atoms with van der Waals surface area (Å²) in [6.07, 6.45) is 5.19. The van der Waals surface area contributed by atoms with Crippen LogP contribution in [0, 0.1) is 17.0 Å². The molecular weight excluding hydrogens is 366 g/mol. The van der Waals surface area contributed by atoms with Gasteiger partial charge < -0.3 is 4.42 Å².